The van der Waals surface area contributed by atoms with E-state index < -0.39 is 0 Å². The highest BCUT2D eigenvalue weighted by Crippen LogP contribution is 2.07. The Labute approximate surface area is 75.5 Å². The monoisotopic (exact) mass is 179 g/mol. The van der Waals surface area contributed by atoms with Crippen LogP contribution >= 0.6 is 0 Å². The number of ether oxygens (including phenoxy) is 1. The molecule has 0 aliphatic rings. The van der Waals surface area contributed by atoms with Gasteiger partial charge in [-0.3, -0.25) is 9.78 Å². The van der Waals surface area contributed by atoms with Crippen molar-refractivity contribution in [3.63, 3.8) is 0 Å². The van der Waals surface area contributed by atoms with Crippen molar-refractivity contribution in [3.05, 3.63) is 25.0 Å². The quantitative estimate of drug-likeness (QED) is 0.690. The van der Waals surface area contributed by atoms with Crippen LogP contribution in [0.1, 0.15) is 0 Å². The van der Waals surface area contributed by atoms with Crippen molar-refractivity contribution in [2.45, 2.75) is 0 Å². The lowest BCUT2D eigenvalue weighted by molar-refractivity contribution is -0.111. The van der Waals surface area contributed by atoms with Crippen molar-refractivity contribution in [2.24, 2.45) is 0 Å². The molecule has 0 fully saturated rings. The van der Waals surface area contributed by atoms with Gasteiger partial charge in [0.2, 0.25) is 11.8 Å². The topological polar surface area (TPSA) is 64.1 Å². The van der Waals surface area contributed by atoms with Crippen molar-refractivity contribution in [2.75, 3.05) is 12.4 Å². The number of methoxy groups -OCH3 is 1. The number of nitrogens with one attached hydrogen (secondary N) is 1. The molecule has 1 amide bonds. The van der Waals surface area contributed by atoms with Gasteiger partial charge in [0.15, 0.2) is 5.82 Å². The molecule has 68 valence electrons. The van der Waals surface area contributed by atoms with Gasteiger partial charge >= 0.3 is 0 Å². The van der Waals surface area contributed by atoms with E-state index in [1.807, 2.05) is 0 Å². The third kappa shape index (κ3) is 2.55. The Bertz CT molecular complexity index is 325. The summed E-state index contributed by atoms with van der Waals surface area (Å²) >= 11 is 0. The Balaban J connectivity index is 2.77. The molecule has 0 aliphatic heterocycles. The number of nitrogens with zero attached hydrogens (tertiary/aromatic N) is 2. The minimum atomic E-state index is -0.331. The summed E-state index contributed by atoms with van der Waals surface area (Å²) < 4.78 is 4.82. The number of anilines is 1. The third-order valence-corrected chi connectivity index (χ3v) is 1.26. The smallest absolute Gasteiger partial charge is 0.248 e. The Morgan fingerprint density at radius 1 is 1.69 bits per heavy atom. The van der Waals surface area contributed by atoms with Crippen LogP contribution in [-0.4, -0.2) is 23.0 Å². The van der Waals surface area contributed by atoms with Crippen LogP contribution in [0.5, 0.6) is 5.88 Å². The normalized spacial score (nSPS) is 9.00. The van der Waals surface area contributed by atoms with Crippen molar-refractivity contribution >= 4 is 11.7 Å². The van der Waals surface area contributed by atoms with E-state index in [0.717, 1.165) is 6.08 Å². The molecule has 5 nitrogen and oxygen atoms in total. The highest BCUT2D eigenvalue weighted by molar-refractivity contribution is 5.98. The standard InChI is InChI=1S/C8H9N3O2/c1-3-7(12)10-6-4-9-5-8(11-6)13-2/h3-5H,1H2,2H3,(H,10,11,12). The Morgan fingerprint density at radius 2 is 2.46 bits per heavy atom. The van der Waals surface area contributed by atoms with Crippen LogP contribution < -0.4 is 10.1 Å². The van der Waals surface area contributed by atoms with E-state index in [9.17, 15) is 4.79 Å². The summed E-state index contributed by atoms with van der Waals surface area (Å²) in [5, 5.41) is 2.46. The minimum absolute atomic E-state index is 0.331. The summed E-state index contributed by atoms with van der Waals surface area (Å²) in [5.41, 5.74) is 0. The molecule has 1 heterocycles. The zero-order valence-corrected chi connectivity index (χ0v) is 7.15. The van der Waals surface area contributed by atoms with Gasteiger partial charge in [0.1, 0.15) is 0 Å². The van der Waals surface area contributed by atoms with E-state index in [1.165, 1.54) is 19.5 Å². The van der Waals surface area contributed by atoms with Crippen molar-refractivity contribution < 1.29 is 9.53 Å². The number of carbonyl (C=O) groups excluding carboxylic acids is 1. The molecule has 0 unspecified atom stereocenters. The summed E-state index contributed by atoms with van der Waals surface area (Å²) in [4.78, 5) is 18.6. The number of aromatic nitrogens is 2. The molecule has 13 heavy (non-hydrogen) atoms. The first-order valence-corrected chi connectivity index (χ1v) is 3.55. The average Bonchev–Trinajstić information content (AvgIpc) is 2.18. The van der Waals surface area contributed by atoms with Crippen molar-refractivity contribution in [3.8, 4) is 5.88 Å². The van der Waals surface area contributed by atoms with Gasteiger partial charge in [-0.1, -0.05) is 6.58 Å². The maximum absolute atomic E-state index is 10.8. The summed E-state index contributed by atoms with van der Waals surface area (Å²) in [6.45, 7) is 3.31. The molecule has 0 saturated carbocycles. The van der Waals surface area contributed by atoms with Gasteiger partial charge in [0.05, 0.1) is 19.5 Å². The lowest BCUT2D eigenvalue weighted by atomic mass is 10.5. The van der Waals surface area contributed by atoms with Crippen LogP contribution in [0.25, 0.3) is 0 Å². The number of hydrogen-bond donors (Lipinski definition) is 1. The van der Waals surface area contributed by atoms with Gasteiger partial charge < -0.3 is 10.1 Å². The second kappa shape index (κ2) is 4.20. The van der Waals surface area contributed by atoms with Crippen LogP contribution in [0.15, 0.2) is 25.0 Å². The van der Waals surface area contributed by atoms with Crippen LogP contribution in [0.3, 0.4) is 0 Å². The van der Waals surface area contributed by atoms with E-state index >= 15 is 0 Å². The fourth-order valence-electron chi connectivity index (χ4n) is 0.684. The molecule has 0 bridgehead atoms. The summed E-state index contributed by atoms with van der Waals surface area (Å²) in [5.74, 6) is 0.355. The fraction of sp³-hybridized carbons (Fsp3) is 0.125. The maximum Gasteiger partial charge on any atom is 0.248 e. The highest BCUT2D eigenvalue weighted by atomic mass is 16.5. The number of hydrogen-bond acceptors (Lipinski definition) is 4. The fourth-order valence-corrected chi connectivity index (χ4v) is 0.684. The van der Waals surface area contributed by atoms with Gasteiger partial charge in [0, 0.05) is 0 Å². The molecule has 0 spiro atoms. The summed E-state index contributed by atoms with van der Waals surface area (Å²) in [6, 6.07) is 0. The van der Waals surface area contributed by atoms with Crippen LogP contribution in [0.4, 0.5) is 5.82 Å². The third-order valence-electron chi connectivity index (χ3n) is 1.26. The molecule has 0 aliphatic carbocycles. The van der Waals surface area contributed by atoms with E-state index in [-0.39, 0.29) is 5.91 Å². The first-order valence-electron chi connectivity index (χ1n) is 3.55. The molecule has 1 aromatic heterocycles. The van der Waals surface area contributed by atoms with E-state index in [0.29, 0.717) is 11.7 Å². The average molecular weight is 179 g/mol. The second-order valence-corrected chi connectivity index (χ2v) is 2.14. The molecule has 0 radical (unpaired) electrons. The Kier molecular flexibility index (Phi) is 2.97. The van der Waals surface area contributed by atoms with E-state index in [2.05, 4.69) is 21.9 Å². The predicted octanol–water partition coefficient (Wildman–Crippen LogP) is 0.610. The van der Waals surface area contributed by atoms with Crippen LogP contribution in [0, 0.1) is 0 Å². The first-order chi connectivity index (χ1) is 6.26. The number of carbonyl (C=O) groups is 1. The van der Waals surface area contributed by atoms with E-state index in [1.54, 1.807) is 0 Å². The second-order valence-electron chi connectivity index (χ2n) is 2.14. The molecule has 1 rings (SSSR count). The van der Waals surface area contributed by atoms with E-state index in [4.69, 9.17) is 4.74 Å². The van der Waals surface area contributed by atoms with Gasteiger partial charge in [-0.05, 0) is 6.08 Å². The SMILES string of the molecule is C=CC(=O)Nc1cncc(OC)n1. The predicted molar refractivity (Wildman–Crippen MR) is 47.4 cm³/mol. The van der Waals surface area contributed by atoms with Crippen molar-refractivity contribution in [1.82, 2.24) is 9.97 Å². The molecule has 0 atom stereocenters. The maximum atomic E-state index is 10.8. The van der Waals surface area contributed by atoms with Crippen molar-refractivity contribution in [1.29, 1.82) is 0 Å². The number of amides is 1. The molecule has 0 aromatic carbocycles. The lowest BCUT2D eigenvalue weighted by Crippen LogP contribution is -2.09. The Morgan fingerprint density at radius 3 is 3.08 bits per heavy atom. The highest BCUT2D eigenvalue weighted by Gasteiger charge is 2.00. The lowest BCUT2D eigenvalue weighted by Gasteiger charge is -2.01. The van der Waals surface area contributed by atoms with Gasteiger partial charge in [-0.15, -0.1) is 0 Å². The van der Waals surface area contributed by atoms with Gasteiger partial charge in [-0.2, -0.15) is 4.98 Å². The number of rotatable bonds is 3. The van der Waals surface area contributed by atoms with Crippen LogP contribution in [0.2, 0.25) is 0 Å². The largest absolute Gasteiger partial charge is 0.480 e. The molecule has 1 N–H and O–H groups in total. The van der Waals surface area contributed by atoms with Gasteiger partial charge in [-0.25, -0.2) is 0 Å². The molecular weight excluding hydrogens is 170 g/mol. The summed E-state index contributed by atoms with van der Waals surface area (Å²) in [6.07, 6.45) is 4.02. The molecule has 0 saturated heterocycles. The summed E-state index contributed by atoms with van der Waals surface area (Å²) in [7, 11) is 1.48. The van der Waals surface area contributed by atoms with Crippen LogP contribution in [-0.2, 0) is 4.79 Å². The zero-order chi connectivity index (χ0) is 9.68. The zero-order valence-electron chi connectivity index (χ0n) is 7.15. The Hall–Kier alpha value is -1.91. The first kappa shape index (κ1) is 9.18. The molecular formula is C8H9N3O2. The molecule has 5 heteroatoms. The molecule has 1 aromatic rings. The minimum Gasteiger partial charge on any atom is -0.480 e. The van der Waals surface area contributed by atoms with Gasteiger partial charge in [0.25, 0.3) is 0 Å².